The van der Waals surface area contributed by atoms with Gasteiger partial charge in [0.2, 0.25) is 0 Å². The highest BCUT2D eigenvalue weighted by Gasteiger charge is 2.30. The summed E-state index contributed by atoms with van der Waals surface area (Å²) < 4.78 is 27.8. The van der Waals surface area contributed by atoms with E-state index in [0.717, 1.165) is 30.9 Å². The predicted octanol–water partition coefficient (Wildman–Crippen LogP) is 3.76. The minimum atomic E-state index is -0.430. The van der Waals surface area contributed by atoms with Crippen LogP contribution in [0.3, 0.4) is 0 Å². The molecule has 1 nitrogen and oxygen atoms in total. The topological polar surface area (TPSA) is 12.0 Å². The Labute approximate surface area is 111 Å². The smallest absolute Gasteiger partial charge is 0.130 e. The Hall–Kier alpha value is -0.610. The summed E-state index contributed by atoms with van der Waals surface area (Å²) >= 11 is 1.87. The van der Waals surface area contributed by atoms with Crippen LogP contribution in [0, 0.1) is 17.6 Å². The van der Waals surface area contributed by atoms with Gasteiger partial charge in [-0.15, -0.1) is 0 Å². The molecule has 1 saturated heterocycles. The van der Waals surface area contributed by atoms with Crippen LogP contribution in [0.5, 0.6) is 0 Å². The molecule has 18 heavy (non-hydrogen) atoms. The molecule has 1 aliphatic heterocycles. The number of benzene rings is 1. The van der Waals surface area contributed by atoms with Crippen molar-refractivity contribution in [3.63, 3.8) is 0 Å². The van der Waals surface area contributed by atoms with Gasteiger partial charge in [0.1, 0.15) is 11.6 Å². The molecule has 1 aromatic carbocycles. The van der Waals surface area contributed by atoms with Crippen molar-refractivity contribution in [2.45, 2.75) is 25.8 Å². The van der Waals surface area contributed by atoms with Crippen LogP contribution >= 0.6 is 11.8 Å². The molecule has 0 bridgehead atoms. The summed E-state index contributed by atoms with van der Waals surface area (Å²) in [7, 11) is 0. The van der Waals surface area contributed by atoms with Crippen LogP contribution in [-0.2, 0) is 0 Å². The van der Waals surface area contributed by atoms with Crippen molar-refractivity contribution >= 4 is 11.8 Å². The molecule has 1 heterocycles. The number of nitrogens with one attached hydrogen (secondary N) is 1. The van der Waals surface area contributed by atoms with Crippen LogP contribution in [0.15, 0.2) is 18.2 Å². The Morgan fingerprint density at radius 1 is 1.39 bits per heavy atom. The average molecular weight is 271 g/mol. The molecule has 2 atom stereocenters. The minimum absolute atomic E-state index is 0.193. The highest BCUT2D eigenvalue weighted by Crippen LogP contribution is 2.36. The van der Waals surface area contributed by atoms with E-state index < -0.39 is 11.6 Å². The number of thioether (sulfide) groups is 1. The Balaban J connectivity index is 2.26. The molecule has 0 saturated carbocycles. The molecule has 1 aliphatic rings. The first-order valence-corrected chi connectivity index (χ1v) is 7.64. The maximum Gasteiger partial charge on any atom is 0.130 e. The molecule has 2 unspecified atom stereocenters. The molecule has 4 heteroatoms. The average Bonchev–Trinajstić information content (AvgIpc) is 2.86. The van der Waals surface area contributed by atoms with E-state index in [9.17, 15) is 8.78 Å². The first-order chi connectivity index (χ1) is 8.74. The Bertz CT molecular complexity index is 371. The van der Waals surface area contributed by atoms with Crippen molar-refractivity contribution in [1.82, 2.24) is 5.32 Å². The van der Waals surface area contributed by atoms with Crippen molar-refractivity contribution in [1.29, 1.82) is 0 Å². The maximum absolute atomic E-state index is 13.9. The number of rotatable bonds is 5. The standard InChI is InChI=1S/C14H19F2NS/c1-2-7-17-14(10-6-8-18-9-10)13-11(15)4-3-5-12(13)16/h3-5,10,14,17H,2,6-9H2,1H3. The van der Waals surface area contributed by atoms with Gasteiger partial charge in [0.25, 0.3) is 0 Å². The zero-order valence-corrected chi connectivity index (χ0v) is 11.4. The van der Waals surface area contributed by atoms with Crippen molar-refractivity contribution < 1.29 is 8.78 Å². The zero-order valence-electron chi connectivity index (χ0n) is 10.6. The fraction of sp³-hybridized carbons (Fsp3) is 0.571. The molecular weight excluding hydrogens is 252 g/mol. The first kappa shape index (κ1) is 13.8. The van der Waals surface area contributed by atoms with Crippen LogP contribution in [-0.4, -0.2) is 18.1 Å². The van der Waals surface area contributed by atoms with E-state index in [0.29, 0.717) is 5.92 Å². The predicted molar refractivity (Wildman–Crippen MR) is 72.8 cm³/mol. The van der Waals surface area contributed by atoms with E-state index in [1.54, 1.807) is 0 Å². The third-order valence-corrected chi connectivity index (χ3v) is 4.55. The summed E-state index contributed by atoms with van der Waals surface area (Å²) in [6.45, 7) is 2.85. The Morgan fingerprint density at radius 3 is 2.67 bits per heavy atom. The van der Waals surface area contributed by atoms with E-state index in [4.69, 9.17) is 0 Å². The fourth-order valence-electron chi connectivity index (χ4n) is 2.43. The van der Waals surface area contributed by atoms with Gasteiger partial charge in [-0.1, -0.05) is 13.0 Å². The van der Waals surface area contributed by atoms with Gasteiger partial charge in [0.15, 0.2) is 0 Å². The molecule has 0 radical (unpaired) electrons. The van der Waals surface area contributed by atoms with Crippen LogP contribution in [0.2, 0.25) is 0 Å². The second-order valence-electron chi connectivity index (χ2n) is 4.69. The Kier molecular flexibility index (Phi) is 5.01. The molecule has 2 rings (SSSR count). The summed E-state index contributed by atoms with van der Waals surface area (Å²) in [6.07, 6.45) is 1.99. The van der Waals surface area contributed by atoms with Gasteiger partial charge in [0.05, 0.1) is 0 Å². The van der Waals surface area contributed by atoms with Crippen molar-refractivity contribution in [3.05, 3.63) is 35.4 Å². The van der Waals surface area contributed by atoms with Crippen molar-refractivity contribution in [2.75, 3.05) is 18.1 Å². The molecule has 1 aromatic rings. The van der Waals surface area contributed by atoms with Crippen molar-refractivity contribution in [3.8, 4) is 0 Å². The molecule has 0 spiro atoms. The van der Waals surface area contributed by atoms with Crippen molar-refractivity contribution in [2.24, 2.45) is 5.92 Å². The maximum atomic E-state index is 13.9. The Morgan fingerprint density at radius 2 is 2.11 bits per heavy atom. The van der Waals surface area contributed by atoms with Crippen LogP contribution < -0.4 is 5.32 Å². The van der Waals surface area contributed by atoms with Gasteiger partial charge in [-0.2, -0.15) is 11.8 Å². The highest BCUT2D eigenvalue weighted by molar-refractivity contribution is 7.99. The van der Waals surface area contributed by atoms with Crippen LogP contribution in [0.4, 0.5) is 8.78 Å². The lowest BCUT2D eigenvalue weighted by Gasteiger charge is -2.25. The fourth-order valence-corrected chi connectivity index (χ4v) is 3.73. The molecule has 0 aliphatic carbocycles. The molecule has 1 N–H and O–H groups in total. The lowest BCUT2D eigenvalue weighted by Crippen LogP contribution is -2.30. The largest absolute Gasteiger partial charge is 0.309 e. The van der Waals surface area contributed by atoms with Crippen LogP contribution in [0.25, 0.3) is 0 Å². The van der Waals surface area contributed by atoms with Gasteiger partial charge in [-0.3, -0.25) is 0 Å². The van der Waals surface area contributed by atoms with E-state index in [-0.39, 0.29) is 11.6 Å². The molecule has 100 valence electrons. The highest BCUT2D eigenvalue weighted by atomic mass is 32.2. The van der Waals surface area contributed by atoms with Gasteiger partial charge >= 0.3 is 0 Å². The van der Waals surface area contributed by atoms with Gasteiger partial charge in [-0.25, -0.2) is 8.78 Å². The molecule has 1 fully saturated rings. The van der Waals surface area contributed by atoms with Gasteiger partial charge in [-0.05, 0) is 48.9 Å². The molecule has 0 amide bonds. The monoisotopic (exact) mass is 271 g/mol. The van der Waals surface area contributed by atoms with E-state index >= 15 is 0 Å². The zero-order chi connectivity index (χ0) is 13.0. The summed E-state index contributed by atoms with van der Waals surface area (Å²) in [4.78, 5) is 0. The van der Waals surface area contributed by atoms with Gasteiger partial charge < -0.3 is 5.32 Å². The lowest BCUT2D eigenvalue weighted by atomic mass is 9.91. The van der Waals surface area contributed by atoms with E-state index in [1.807, 2.05) is 11.8 Å². The second-order valence-corrected chi connectivity index (χ2v) is 5.84. The number of hydrogen-bond acceptors (Lipinski definition) is 2. The summed E-state index contributed by atoms with van der Waals surface area (Å²) in [5, 5.41) is 3.32. The van der Waals surface area contributed by atoms with E-state index in [1.165, 1.54) is 18.2 Å². The number of hydrogen-bond donors (Lipinski definition) is 1. The number of halogens is 2. The second kappa shape index (κ2) is 6.53. The molecular formula is C14H19F2NS. The molecule has 0 aromatic heterocycles. The SMILES string of the molecule is CCCNC(c1c(F)cccc1F)C1CCSC1. The lowest BCUT2D eigenvalue weighted by molar-refractivity contribution is 0.366. The van der Waals surface area contributed by atoms with E-state index in [2.05, 4.69) is 12.2 Å². The third-order valence-electron chi connectivity index (χ3n) is 3.36. The summed E-state index contributed by atoms with van der Waals surface area (Å²) in [5.41, 5.74) is 0.221. The van der Waals surface area contributed by atoms with Gasteiger partial charge in [0, 0.05) is 11.6 Å². The normalized spacial score (nSPS) is 21.2. The first-order valence-electron chi connectivity index (χ1n) is 6.49. The summed E-state index contributed by atoms with van der Waals surface area (Å²) in [5.74, 6) is 1.54. The quantitative estimate of drug-likeness (QED) is 0.875. The summed E-state index contributed by atoms with van der Waals surface area (Å²) in [6, 6.07) is 3.93. The van der Waals surface area contributed by atoms with Crippen LogP contribution in [0.1, 0.15) is 31.4 Å². The minimum Gasteiger partial charge on any atom is -0.309 e. The third kappa shape index (κ3) is 3.04.